The molecule has 1 aliphatic heterocycles. The lowest BCUT2D eigenvalue weighted by atomic mass is 10.3. The van der Waals surface area contributed by atoms with Gasteiger partial charge in [0.2, 0.25) is 0 Å². The van der Waals surface area contributed by atoms with E-state index in [1.54, 1.807) is 0 Å². The van der Waals surface area contributed by atoms with Gasteiger partial charge in [-0.1, -0.05) is 18.2 Å². The maximum absolute atomic E-state index is 5.27. The molecule has 0 bridgehead atoms. The number of hydrogen-bond donors (Lipinski definition) is 2. The minimum Gasteiger partial charge on any atom is -0.358 e. The Morgan fingerprint density at radius 1 is 1.38 bits per heavy atom. The molecule has 4 heteroatoms. The number of nitrogens with one attached hydrogen (secondary N) is 2. The van der Waals surface area contributed by atoms with Gasteiger partial charge in [-0.25, -0.2) is 0 Å². The molecule has 2 rings (SSSR count). The third kappa shape index (κ3) is 3.18. The maximum Gasteiger partial charge on any atom is 0.171 e. The summed E-state index contributed by atoms with van der Waals surface area (Å²) in [5.74, 6) is 0. The predicted octanol–water partition coefficient (Wildman–Crippen LogP) is 1.68. The zero-order valence-electron chi connectivity index (χ0n) is 9.44. The van der Waals surface area contributed by atoms with E-state index >= 15 is 0 Å². The minimum absolute atomic E-state index is 0.480. The van der Waals surface area contributed by atoms with Crippen LogP contribution in [-0.2, 0) is 0 Å². The van der Waals surface area contributed by atoms with E-state index in [0.29, 0.717) is 11.2 Å². The summed E-state index contributed by atoms with van der Waals surface area (Å²) in [7, 11) is 2.13. The van der Waals surface area contributed by atoms with Gasteiger partial charge in [-0.05, 0) is 44.4 Å². The molecule has 3 nitrogen and oxygen atoms in total. The summed E-state index contributed by atoms with van der Waals surface area (Å²) in [6, 6.07) is 10.5. The van der Waals surface area contributed by atoms with Crippen molar-refractivity contribution in [2.75, 3.05) is 25.5 Å². The number of para-hydroxylation sites is 1. The fourth-order valence-corrected chi connectivity index (χ4v) is 2.21. The Bertz CT molecular complexity index is 353. The Morgan fingerprint density at radius 2 is 2.12 bits per heavy atom. The molecule has 0 saturated carbocycles. The van der Waals surface area contributed by atoms with Gasteiger partial charge in [-0.15, -0.1) is 0 Å². The van der Waals surface area contributed by atoms with Crippen LogP contribution in [-0.4, -0.2) is 36.2 Å². The van der Waals surface area contributed by atoms with Crippen LogP contribution < -0.4 is 10.6 Å². The van der Waals surface area contributed by atoms with Crippen molar-refractivity contribution in [3.05, 3.63) is 30.3 Å². The molecule has 0 radical (unpaired) electrons. The first kappa shape index (κ1) is 11.4. The molecule has 0 aromatic heterocycles. The highest BCUT2D eigenvalue weighted by Crippen LogP contribution is 2.08. The van der Waals surface area contributed by atoms with Gasteiger partial charge in [0.15, 0.2) is 5.11 Å². The van der Waals surface area contributed by atoms with Crippen molar-refractivity contribution < 1.29 is 0 Å². The number of nitrogens with zero attached hydrogens (tertiary/aromatic N) is 1. The molecular weight excluding hydrogens is 218 g/mol. The first-order valence-corrected chi connectivity index (χ1v) is 5.96. The standard InChI is InChI=1S/C12H17N3S/c1-15-8-7-11(9-15)14-12(16)13-10-5-3-2-4-6-10/h2-6,11H,7-9H2,1H3,(H2,13,14,16). The SMILES string of the molecule is CN1CCC(NC(=S)Nc2ccccc2)C1. The smallest absolute Gasteiger partial charge is 0.171 e. The van der Waals surface area contributed by atoms with Crippen molar-refractivity contribution in [2.24, 2.45) is 0 Å². The van der Waals surface area contributed by atoms with E-state index < -0.39 is 0 Å². The largest absolute Gasteiger partial charge is 0.358 e. The second-order valence-electron chi connectivity index (χ2n) is 4.21. The number of benzene rings is 1. The Kier molecular flexibility index (Phi) is 3.74. The number of thiocarbonyl (C=S) groups is 1. The highest BCUT2D eigenvalue weighted by atomic mass is 32.1. The van der Waals surface area contributed by atoms with Gasteiger partial charge < -0.3 is 15.5 Å². The first-order valence-electron chi connectivity index (χ1n) is 5.55. The third-order valence-electron chi connectivity index (χ3n) is 2.76. The highest BCUT2D eigenvalue weighted by Gasteiger charge is 2.19. The van der Waals surface area contributed by atoms with E-state index in [9.17, 15) is 0 Å². The van der Waals surface area contributed by atoms with Crippen LogP contribution in [0.2, 0.25) is 0 Å². The minimum atomic E-state index is 0.480. The average molecular weight is 235 g/mol. The molecule has 1 fully saturated rings. The number of anilines is 1. The average Bonchev–Trinajstić information content (AvgIpc) is 2.65. The summed E-state index contributed by atoms with van der Waals surface area (Å²) in [5.41, 5.74) is 1.03. The number of likely N-dealkylation sites (N-methyl/N-ethyl adjacent to an activating group) is 1. The molecule has 1 aromatic rings. The molecule has 1 atom stereocenters. The highest BCUT2D eigenvalue weighted by molar-refractivity contribution is 7.80. The van der Waals surface area contributed by atoms with Crippen LogP contribution in [0.4, 0.5) is 5.69 Å². The molecule has 0 amide bonds. The lowest BCUT2D eigenvalue weighted by Gasteiger charge is -2.16. The van der Waals surface area contributed by atoms with Crippen LogP contribution in [0.5, 0.6) is 0 Å². The first-order chi connectivity index (χ1) is 7.74. The van der Waals surface area contributed by atoms with Gasteiger partial charge in [-0.2, -0.15) is 0 Å². The summed E-state index contributed by atoms with van der Waals surface area (Å²) in [6.45, 7) is 2.21. The fourth-order valence-electron chi connectivity index (χ4n) is 1.93. The molecule has 1 unspecified atom stereocenters. The summed E-state index contributed by atoms with van der Waals surface area (Å²) < 4.78 is 0. The number of rotatable bonds is 2. The Balaban J connectivity index is 1.81. The van der Waals surface area contributed by atoms with Crippen LogP contribution >= 0.6 is 12.2 Å². The topological polar surface area (TPSA) is 27.3 Å². The molecule has 2 N–H and O–H groups in total. The molecule has 0 spiro atoms. The van der Waals surface area contributed by atoms with Gasteiger partial charge in [0.25, 0.3) is 0 Å². The van der Waals surface area contributed by atoms with Crippen molar-refractivity contribution in [2.45, 2.75) is 12.5 Å². The monoisotopic (exact) mass is 235 g/mol. The Hall–Kier alpha value is -1.13. The van der Waals surface area contributed by atoms with Crippen LogP contribution in [0, 0.1) is 0 Å². The van der Waals surface area contributed by atoms with Crippen LogP contribution in [0.1, 0.15) is 6.42 Å². The second-order valence-corrected chi connectivity index (χ2v) is 4.62. The molecule has 1 aromatic carbocycles. The van der Waals surface area contributed by atoms with Gasteiger partial charge >= 0.3 is 0 Å². The molecule has 0 aliphatic carbocycles. The zero-order chi connectivity index (χ0) is 11.4. The van der Waals surface area contributed by atoms with E-state index in [4.69, 9.17) is 12.2 Å². The molecular formula is C12H17N3S. The van der Waals surface area contributed by atoms with Crippen LogP contribution in [0.15, 0.2) is 30.3 Å². The van der Waals surface area contributed by atoms with E-state index in [1.165, 1.54) is 0 Å². The van der Waals surface area contributed by atoms with E-state index in [2.05, 4.69) is 22.6 Å². The van der Waals surface area contributed by atoms with E-state index in [-0.39, 0.29) is 0 Å². The van der Waals surface area contributed by atoms with Gasteiger partial charge in [0.1, 0.15) is 0 Å². The normalized spacial score (nSPS) is 20.7. The Labute approximate surface area is 102 Å². The second kappa shape index (κ2) is 5.27. The fraction of sp³-hybridized carbons (Fsp3) is 0.417. The zero-order valence-corrected chi connectivity index (χ0v) is 10.3. The summed E-state index contributed by atoms with van der Waals surface area (Å²) >= 11 is 5.27. The number of likely N-dealkylation sites (tertiary alicyclic amines) is 1. The summed E-state index contributed by atoms with van der Waals surface area (Å²) in [6.07, 6.45) is 1.16. The van der Waals surface area contributed by atoms with Crippen molar-refractivity contribution in [1.82, 2.24) is 10.2 Å². The van der Waals surface area contributed by atoms with Gasteiger partial charge in [0, 0.05) is 18.3 Å². The number of hydrogen-bond acceptors (Lipinski definition) is 2. The molecule has 1 aliphatic rings. The van der Waals surface area contributed by atoms with Crippen molar-refractivity contribution in [3.63, 3.8) is 0 Å². The van der Waals surface area contributed by atoms with Crippen molar-refractivity contribution in [1.29, 1.82) is 0 Å². The lowest BCUT2D eigenvalue weighted by molar-refractivity contribution is 0.407. The van der Waals surface area contributed by atoms with Crippen molar-refractivity contribution in [3.8, 4) is 0 Å². The summed E-state index contributed by atoms with van der Waals surface area (Å²) in [4.78, 5) is 2.31. The van der Waals surface area contributed by atoms with Crippen LogP contribution in [0.25, 0.3) is 0 Å². The Morgan fingerprint density at radius 3 is 2.75 bits per heavy atom. The van der Waals surface area contributed by atoms with Crippen molar-refractivity contribution >= 4 is 23.0 Å². The summed E-state index contributed by atoms with van der Waals surface area (Å²) in [5, 5.41) is 7.24. The predicted molar refractivity (Wildman–Crippen MR) is 71.7 cm³/mol. The molecule has 1 heterocycles. The quantitative estimate of drug-likeness (QED) is 0.763. The van der Waals surface area contributed by atoms with E-state index in [1.807, 2.05) is 30.3 Å². The van der Waals surface area contributed by atoms with E-state index in [0.717, 1.165) is 25.2 Å². The maximum atomic E-state index is 5.27. The van der Waals surface area contributed by atoms with Gasteiger partial charge in [0.05, 0.1) is 0 Å². The van der Waals surface area contributed by atoms with Crippen LogP contribution in [0.3, 0.4) is 0 Å². The molecule has 86 valence electrons. The third-order valence-corrected chi connectivity index (χ3v) is 2.98. The molecule has 1 saturated heterocycles. The van der Waals surface area contributed by atoms with Gasteiger partial charge in [-0.3, -0.25) is 0 Å². The lowest BCUT2D eigenvalue weighted by Crippen LogP contribution is -2.39. The molecule has 16 heavy (non-hydrogen) atoms.